The number of fused-ring (bicyclic) bond motifs is 1. The number of anilines is 1. The van der Waals surface area contributed by atoms with E-state index in [4.69, 9.17) is 9.15 Å². The topological polar surface area (TPSA) is 64.4 Å². The van der Waals surface area contributed by atoms with Crippen molar-refractivity contribution < 1.29 is 13.9 Å². The zero-order chi connectivity index (χ0) is 19.5. The van der Waals surface area contributed by atoms with Crippen LogP contribution in [0.1, 0.15) is 17.3 Å². The number of carbonyl (C=O) groups is 1. The zero-order valence-corrected chi connectivity index (χ0v) is 17.0. The van der Waals surface area contributed by atoms with E-state index in [1.165, 1.54) is 11.3 Å². The molecule has 0 bridgehead atoms. The van der Waals surface area contributed by atoms with Gasteiger partial charge in [-0.15, -0.1) is 23.1 Å². The van der Waals surface area contributed by atoms with Crippen LogP contribution in [-0.2, 0) is 0 Å². The number of hydrogen-bond acceptors (Lipinski definition) is 6. The molecule has 2 aromatic heterocycles. The fraction of sp³-hybridized carbons (Fsp3) is 0.143. The molecule has 1 amide bonds. The molecule has 0 aliphatic rings. The number of ether oxygens (including phenoxy) is 1. The predicted molar refractivity (Wildman–Crippen MR) is 115 cm³/mol. The number of thioether (sulfide) groups is 1. The standard InChI is InChI=1S/C21H18N2O3S2/c1-3-27-16-6-4-5-13(10-16)20(24)23-21-22-17(12-28-21)19-11-14-9-15(25-2)7-8-18(14)26-19/h4-12H,3H2,1-2H3,(H,22,23,24). The van der Waals surface area contributed by atoms with Crippen LogP contribution in [-0.4, -0.2) is 23.8 Å². The third-order valence-electron chi connectivity index (χ3n) is 4.11. The van der Waals surface area contributed by atoms with Gasteiger partial charge in [0.25, 0.3) is 5.91 Å². The van der Waals surface area contributed by atoms with Crippen LogP contribution in [0.25, 0.3) is 22.4 Å². The molecule has 2 heterocycles. The van der Waals surface area contributed by atoms with Crippen LogP contribution in [0.3, 0.4) is 0 Å². The Morgan fingerprint density at radius 1 is 1.25 bits per heavy atom. The van der Waals surface area contributed by atoms with Gasteiger partial charge in [0.05, 0.1) is 7.11 Å². The van der Waals surface area contributed by atoms with Gasteiger partial charge in [0, 0.05) is 21.2 Å². The second kappa shape index (κ2) is 8.08. The van der Waals surface area contributed by atoms with Gasteiger partial charge in [-0.1, -0.05) is 13.0 Å². The van der Waals surface area contributed by atoms with Crippen molar-refractivity contribution in [2.75, 3.05) is 18.2 Å². The summed E-state index contributed by atoms with van der Waals surface area (Å²) < 4.78 is 11.1. The quantitative estimate of drug-likeness (QED) is 0.399. The maximum absolute atomic E-state index is 12.5. The highest BCUT2D eigenvalue weighted by Crippen LogP contribution is 2.32. The molecule has 0 saturated carbocycles. The monoisotopic (exact) mass is 410 g/mol. The summed E-state index contributed by atoms with van der Waals surface area (Å²) in [5.74, 6) is 2.22. The Morgan fingerprint density at radius 2 is 2.14 bits per heavy atom. The molecule has 4 rings (SSSR count). The summed E-state index contributed by atoms with van der Waals surface area (Å²) >= 11 is 3.07. The second-order valence-corrected chi connectivity index (χ2v) is 8.16. The zero-order valence-electron chi connectivity index (χ0n) is 15.4. The van der Waals surface area contributed by atoms with Crippen molar-refractivity contribution in [2.24, 2.45) is 0 Å². The number of benzene rings is 2. The number of methoxy groups -OCH3 is 1. The van der Waals surface area contributed by atoms with E-state index in [2.05, 4.69) is 17.2 Å². The van der Waals surface area contributed by atoms with Crippen LogP contribution >= 0.6 is 23.1 Å². The number of hydrogen-bond donors (Lipinski definition) is 1. The lowest BCUT2D eigenvalue weighted by Crippen LogP contribution is -2.11. The van der Waals surface area contributed by atoms with Crippen LogP contribution in [0.5, 0.6) is 5.75 Å². The summed E-state index contributed by atoms with van der Waals surface area (Å²) in [6.07, 6.45) is 0. The normalized spacial score (nSPS) is 10.9. The van der Waals surface area contributed by atoms with Crippen molar-refractivity contribution in [3.8, 4) is 17.2 Å². The summed E-state index contributed by atoms with van der Waals surface area (Å²) in [6.45, 7) is 2.09. The van der Waals surface area contributed by atoms with Crippen molar-refractivity contribution in [3.05, 3.63) is 59.5 Å². The van der Waals surface area contributed by atoms with E-state index in [1.54, 1.807) is 24.9 Å². The molecule has 0 atom stereocenters. The molecule has 0 aliphatic carbocycles. The van der Waals surface area contributed by atoms with E-state index in [0.29, 0.717) is 22.1 Å². The number of thiazole rings is 1. The van der Waals surface area contributed by atoms with Gasteiger partial charge in [-0.3, -0.25) is 10.1 Å². The minimum absolute atomic E-state index is 0.172. The van der Waals surface area contributed by atoms with Gasteiger partial charge in [-0.05, 0) is 48.2 Å². The van der Waals surface area contributed by atoms with Crippen LogP contribution in [0, 0.1) is 0 Å². The van der Waals surface area contributed by atoms with Crippen LogP contribution in [0.4, 0.5) is 5.13 Å². The maximum Gasteiger partial charge on any atom is 0.257 e. The lowest BCUT2D eigenvalue weighted by atomic mass is 10.2. The minimum atomic E-state index is -0.172. The molecule has 0 saturated heterocycles. The minimum Gasteiger partial charge on any atom is -0.497 e. The van der Waals surface area contributed by atoms with Crippen molar-refractivity contribution in [3.63, 3.8) is 0 Å². The van der Waals surface area contributed by atoms with Gasteiger partial charge >= 0.3 is 0 Å². The Morgan fingerprint density at radius 3 is 2.96 bits per heavy atom. The molecule has 142 valence electrons. The average molecular weight is 411 g/mol. The lowest BCUT2D eigenvalue weighted by Gasteiger charge is -2.04. The third-order valence-corrected chi connectivity index (χ3v) is 5.74. The second-order valence-electron chi connectivity index (χ2n) is 5.97. The van der Waals surface area contributed by atoms with E-state index in [1.807, 2.05) is 47.8 Å². The Labute approximate surface area is 170 Å². The molecule has 1 N–H and O–H groups in total. The molecular weight excluding hydrogens is 392 g/mol. The third kappa shape index (κ3) is 3.90. The fourth-order valence-corrected chi connectivity index (χ4v) is 4.20. The number of amides is 1. The van der Waals surface area contributed by atoms with Gasteiger partial charge in [-0.2, -0.15) is 0 Å². The first-order chi connectivity index (χ1) is 13.7. The van der Waals surface area contributed by atoms with Crippen LogP contribution in [0.15, 0.2) is 63.2 Å². The molecule has 28 heavy (non-hydrogen) atoms. The Kier molecular flexibility index (Phi) is 5.36. The lowest BCUT2D eigenvalue weighted by molar-refractivity contribution is 0.102. The molecule has 7 heteroatoms. The van der Waals surface area contributed by atoms with Crippen LogP contribution in [0.2, 0.25) is 0 Å². The highest BCUT2D eigenvalue weighted by atomic mass is 32.2. The Bertz CT molecular complexity index is 1130. The van der Waals surface area contributed by atoms with E-state index in [0.717, 1.165) is 27.4 Å². The smallest absolute Gasteiger partial charge is 0.257 e. The molecule has 0 spiro atoms. The highest BCUT2D eigenvalue weighted by molar-refractivity contribution is 7.99. The Hall–Kier alpha value is -2.77. The van der Waals surface area contributed by atoms with Gasteiger partial charge < -0.3 is 9.15 Å². The number of carbonyl (C=O) groups excluding carboxylic acids is 1. The molecule has 4 aromatic rings. The highest BCUT2D eigenvalue weighted by Gasteiger charge is 2.13. The number of nitrogens with zero attached hydrogens (tertiary/aromatic N) is 1. The first kappa shape index (κ1) is 18.6. The number of nitrogens with one attached hydrogen (secondary N) is 1. The van der Waals surface area contributed by atoms with Gasteiger partial charge in [0.1, 0.15) is 17.0 Å². The van der Waals surface area contributed by atoms with Crippen molar-refractivity contribution in [1.82, 2.24) is 4.98 Å². The van der Waals surface area contributed by atoms with E-state index < -0.39 is 0 Å². The SMILES string of the molecule is CCSc1cccc(C(=O)Nc2nc(-c3cc4cc(OC)ccc4o3)cs2)c1. The number of aromatic nitrogens is 1. The van der Waals surface area contributed by atoms with Gasteiger partial charge in [0.15, 0.2) is 10.9 Å². The summed E-state index contributed by atoms with van der Waals surface area (Å²) in [5.41, 5.74) is 2.07. The van der Waals surface area contributed by atoms with Gasteiger partial charge in [0.2, 0.25) is 0 Å². The molecule has 0 fully saturated rings. The summed E-state index contributed by atoms with van der Waals surface area (Å²) in [6, 6.07) is 15.1. The molecule has 0 aliphatic heterocycles. The van der Waals surface area contributed by atoms with Crippen molar-refractivity contribution >= 4 is 45.1 Å². The average Bonchev–Trinajstić information content (AvgIpc) is 3.34. The molecule has 2 aromatic carbocycles. The first-order valence-electron chi connectivity index (χ1n) is 8.74. The van der Waals surface area contributed by atoms with Crippen molar-refractivity contribution in [2.45, 2.75) is 11.8 Å². The molecule has 0 unspecified atom stereocenters. The number of rotatable bonds is 6. The Balaban J connectivity index is 1.53. The predicted octanol–water partition coefficient (Wildman–Crippen LogP) is 5.93. The van der Waals surface area contributed by atoms with E-state index in [9.17, 15) is 4.79 Å². The largest absolute Gasteiger partial charge is 0.497 e. The fourth-order valence-electron chi connectivity index (χ4n) is 2.78. The number of furan rings is 1. The van der Waals surface area contributed by atoms with Gasteiger partial charge in [-0.25, -0.2) is 4.98 Å². The molecule has 0 radical (unpaired) electrons. The van der Waals surface area contributed by atoms with Crippen molar-refractivity contribution in [1.29, 1.82) is 0 Å². The molecule has 5 nitrogen and oxygen atoms in total. The van der Waals surface area contributed by atoms with Crippen LogP contribution < -0.4 is 10.1 Å². The van der Waals surface area contributed by atoms with E-state index >= 15 is 0 Å². The summed E-state index contributed by atoms with van der Waals surface area (Å²) in [5, 5.41) is 6.21. The van der Waals surface area contributed by atoms with E-state index in [-0.39, 0.29) is 5.91 Å². The maximum atomic E-state index is 12.5. The first-order valence-corrected chi connectivity index (χ1v) is 10.6. The molecular formula is C21H18N2O3S2. The summed E-state index contributed by atoms with van der Waals surface area (Å²) in [7, 11) is 1.63. The summed E-state index contributed by atoms with van der Waals surface area (Å²) in [4.78, 5) is 18.1.